The van der Waals surface area contributed by atoms with Gasteiger partial charge >= 0.3 is 12.0 Å². The number of carbonyl (C=O) groups excluding carboxylic acids is 1. The zero-order valence-corrected chi connectivity index (χ0v) is 12.2. The van der Waals surface area contributed by atoms with Gasteiger partial charge in [0, 0.05) is 16.2 Å². The first-order chi connectivity index (χ1) is 9.97. The first-order valence-corrected chi connectivity index (χ1v) is 6.65. The zero-order valence-electron chi connectivity index (χ0n) is 10.6. The number of carboxylic acids is 1. The minimum absolute atomic E-state index is 0.230. The standard InChI is InChI=1S/C14H11BrN2O4/c15-10-3-1-2-4-11(10)17-14(21)16-8-5-6-9(13(19)20)12(18)7-8/h1-7,18H,(H,19,20)(H2,16,17,21). The van der Waals surface area contributed by atoms with E-state index in [9.17, 15) is 14.7 Å². The molecule has 0 aromatic heterocycles. The first-order valence-electron chi connectivity index (χ1n) is 5.86. The smallest absolute Gasteiger partial charge is 0.339 e. The Morgan fingerprint density at radius 1 is 1.05 bits per heavy atom. The van der Waals surface area contributed by atoms with E-state index >= 15 is 0 Å². The summed E-state index contributed by atoms with van der Waals surface area (Å²) in [7, 11) is 0. The molecule has 6 nitrogen and oxygen atoms in total. The fraction of sp³-hybridized carbons (Fsp3) is 0. The van der Waals surface area contributed by atoms with Gasteiger partial charge < -0.3 is 20.8 Å². The molecule has 0 atom stereocenters. The van der Waals surface area contributed by atoms with Gasteiger partial charge in [0.05, 0.1) is 5.69 Å². The van der Waals surface area contributed by atoms with Gasteiger partial charge in [-0.1, -0.05) is 12.1 Å². The number of phenols is 1. The molecular weight excluding hydrogens is 340 g/mol. The van der Waals surface area contributed by atoms with Crippen LogP contribution in [0.15, 0.2) is 46.9 Å². The summed E-state index contributed by atoms with van der Waals surface area (Å²) in [5, 5.41) is 23.5. The molecule has 2 aromatic carbocycles. The first kappa shape index (κ1) is 14.9. The molecule has 2 rings (SSSR count). The fourth-order valence-corrected chi connectivity index (χ4v) is 2.02. The van der Waals surface area contributed by atoms with Crippen LogP contribution in [0.3, 0.4) is 0 Å². The maximum absolute atomic E-state index is 11.8. The highest BCUT2D eigenvalue weighted by atomic mass is 79.9. The number of halogens is 1. The Hall–Kier alpha value is -2.54. The molecule has 0 aliphatic rings. The molecule has 2 aromatic rings. The van der Waals surface area contributed by atoms with Crippen molar-refractivity contribution >= 4 is 39.3 Å². The lowest BCUT2D eigenvalue weighted by Gasteiger charge is -2.09. The van der Waals surface area contributed by atoms with Crippen molar-refractivity contribution in [2.45, 2.75) is 0 Å². The largest absolute Gasteiger partial charge is 0.507 e. The Labute approximate surface area is 128 Å². The van der Waals surface area contributed by atoms with Gasteiger partial charge in [0.15, 0.2) is 0 Å². The van der Waals surface area contributed by atoms with Crippen molar-refractivity contribution in [1.29, 1.82) is 0 Å². The van der Waals surface area contributed by atoms with E-state index in [0.29, 0.717) is 5.69 Å². The van der Waals surface area contributed by atoms with Gasteiger partial charge in [-0.25, -0.2) is 9.59 Å². The Balaban J connectivity index is 2.08. The van der Waals surface area contributed by atoms with Gasteiger partial charge in [-0.2, -0.15) is 0 Å². The average molecular weight is 351 g/mol. The summed E-state index contributed by atoms with van der Waals surface area (Å²) < 4.78 is 0.726. The second-order valence-corrected chi connectivity index (χ2v) is 4.95. The van der Waals surface area contributed by atoms with E-state index in [1.165, 1.54) is 18.2 Å². The van der Waals surface area contributed by atoms with Crippen molar-refractivity contribution in [2.24, 2.45) is 0 Å². The number of aromatic hydroxyl groups is 1. The SMILES string of the molecule is O=C(Nc1ccc(C(=O)O)c(O)c1)Nc1ccccc1Br. The van der Waals surface area contributed by atoms with E-state index in [1.54, 1.807) is 18.2 Å². The van der Waals surface area contributed by atoms with Crippen LogP contribution in [0.2, 0.25) is 0 Å². The van der Waals surface area contributed by atoms with E-state index in [0.717, 1.165) is 4.47 Å². The number of carbonyl (C=O) groups is 2. The van der Waals surface area contributed by atoms with E-state index in [1.807, 2.05) is 6.07 Å². The second kappa shape index (κ2) is 6.27. The van der Waals surface area contributed by atoms with Gasteiger partial charge in [-0.05, 0) is 40.2 Å². The van der Waals surface area contributed by atoms with E-state index in [4.69, 9.17) is 5.11 Å². The van der Waals surface area contributed by atoms with E-state index in [2.05, 4.69) is 26.6 Å². The molecule has 2 amide bonds. The number of rotatable bonds is 3. The summed E-state index contributed by atoms with van der Waals surface area (Å²) in [6.45, 7) is 0. The molecule has 108 valence electrons. The number of amides is 2. The highest BCUT2D eigenvalue weighted by molar-refractivity contribution is 9.10. The zero-order chi connectivity index (χ0) is 15.4. The monoisotopic (exact) mass is 350 g/mol. The summed E-state index contributed by atoms with van der Waals surface area (Å²) in [5.41, 5.74) is 0.634. The van der Waals surface area contributed by atoms with Crippen LogP contribution in [0, 0.1) is 0 Å². The van der Waals surface area contributed by atoms with Gasteiger partial charge in [-0.3, -0.25) is 0 Å². The summed E-state index contributed by atoms with van der Waals surface area (Å²) in [6.07, 6.45) is 0. The highest BCUT2D eigenvalue weighted by Crippen LogP contribution is 2.23. The lowest BCUT2D eigenvalue weighted by molar-refractivity contribution is 0.0694. The molecular formula is C14H11BrN2O4. The molecule has 0 aliphatic carbocycles. The molecule has 0 spiro atoms. The van der Waals surface area contributed by atoms with Crippen molar-refractivity contribution in [1.82, 2.24) is 0 Å². The Morgan fingerprint density at radius 3 is 2.38 bits per heavy atom. The number of para-hydroxylation sites is 1. The van der Waals surface area contributed by atoms with E-state index in [-0.39, 0.29) is 11.3 Å². The van der Waals surface area contributed by atoms with Crippen LogP contribution in [0.1, 0.15) is 10.4 Å². The highest BCUT2D eigenvalue weighted by Gasteiger charge is 2.11. The van der Waals surface area contributed by atoms with Crippen LogP contribution in [0.25, 0.3) is 0 Å². The van der Waals surface area contributed by atoms with Gasteiger partial charge in [-0.15, -0.1) is 0 Å². The quantitative estimate of drug-likeness (QED) is 0.680. The van der Waals surface area contributed by atoms with Crippen molar-refractivity contribution < 1.29 is 19.8 Å². The molecule has 21 heavy (non-hydrogen) atoms. The maximum atomic E-state index is 11.8. The van der Waals surface area contributed by atoms with Gasteiger partial charge in [0.2, 0.25) is 0 Å². The molecule has 4 N–H and O–H groups in total. The third-order valence-electron chi connectivity index (χ3n) is 2.61. The lowest BCUT2D eigenvalue weighted by atomic mass is 10.2. The Morgan fingerprint density at radius 2 is 1.76 bits per heavy atom. The third kappa shape index (κ3) is 3.73. The number of hydrogen-bond acceptors (Lipinski definition) is 3. The summed E-state index contributed by atoms with van der Waals surface area (Å²) in [4.78, 5) is 22.6. The van der Waals surface area contributed by atoms with Gasteiger partial charge in [0.1, 0.15) is 11.3 Å². The number of nitrogens with one attached hydrogen (secondary N) is 2. The molecule has 0 saturated carbocycles. The van der Waals surface area contributed by atoms with Crippen molar-refractivity contribution in [2.75, 3.05) is 10.6 Å². The normalized spacial score (nSPS) is 9.95. The molecule has 0 aliphatic heterocycles. The number of anilines is 2. The number of benzene rings is 2. The maximum Gasteiger partial charge on any atom is 0.339 e. The second-order valence-electron chi connectivity index (χ2n) is 4.10. The van der Waals surface area contributed by atoms with Crippen LogP contribution < -0.4 is 10.6 Å². The molecule has 0 saturated heterocycles. The van der Waals surface area contributed by atoms with E-state index < -0.39 is 17.7 Å². The summed E-state index contributed by atoms with van der Waals surface area (Å²) in [6, 6.07) is 10.4. The molecule has 0 radical (unpaired) electrons. The van der Waals surface area contributed by atoms with Gasteiger partial charge in [0.25, 0.3) is 0 Å². The lowest BCUT2D eigenvalue weighted by Crippen LogP contribution is -2.19. The van der Waals surface area contributed by atoms with Crippen molar-refractivity contribution in [3.63, 3.8) is 0 Å². The minimum atomic E-state index is -1.24. The van der Waals surface area contributed by atoms with Crippen LogP contribution in [0.5, 0.6) is 5.75 Å². The fourth-order valence-electron chi connectivity index (χ4n) is 1.64. The van der Waals surface area contributed by atoms with Crippen LogP contribution in [-0.2, 0) is 0 Å². The summed E-state index contributed by atoms with van der Waals surface area (Å²) in [5.74, 6) is -1.65. The minimum Gasteiger partial charge on any atom is -0.507 e. The predicted octanol–water partition coefficient (Wildman–Crippen LogP) is 3.50. The number of hydrogen-bond donors (Lipinski definition) is 4. The Kier molecular flexibility index (Phi) is 4.44. The van der Waals surface area contributed by atoms with Crippen LogP contribution in [0.4, 0.5) is 16.2 Å². The summed E-state index contributed by atoms with van der Waals surface area (Å²) >= 11 is 3.30. The number of urea groups is 1. The van der Waals surface area contributed by atoms with Crippen LogP contribution >= 0.6 is 15.9 Å². The van der Waals surface area contributed by atoms with Crippen LogP contribution in [-0.4, -0.2) is 22.2 Å². The number of aromatic carboxylic acids is 1. The molecule has 0 unspecified atom stereocenters. The Bertz CT molecular complexity index is 703. The molecule has 0 heterocycles. The topological polar surface area (TPSA) is 98.7 Å². The molecule has 0 bridgehead atoms. The van der Waals surface area contributed by atoms with Crippen molar-refractivity contribution in [3.05, 3.63) is 52.5 Å². The average Bonchev–Trinajstić information content (AvgIpc) is 2.41. The van der Waals surface area contributed by atoms with Crippen molar-refractivity contribution in [3.8, 4) is 5.75 Å². The molecule has 7 heteroatoms. The molecule has 0 fully saturated rings. The number of carboxylic acid groups (broad SMARTS) is 1. The third-order valence-corrected chi connectivity index (χ3v) is 3.30. The predicted molar refractivity (Wildman–Crippen MR) is 81.8 cm³/mol.